The second kappa shape index (κ2) is 6.83. The van der Waals surface area contributed by atoms with E-state index in [1.165, 1.54) is 25.7 Å². The van der Waals surface area contributed by atoms with E-state index in [0.717, 1.165) is 11.3 Å². The first-order valence-electron chi connectivity index (χ1n) is 7.75. The molecule has 0 radical (unpaired) electrons. The van der Waals surface area contributed by atoms with Crippen molar-refractivity contribution >= 4 is 11.8 Å². The van der Waals surface area contributed by atoms with Crippen molar-refractivity contribution in [2.24, 2.45) is 0 Å². The number of carbonyl (C=O) groups is 1. The molecule has 1 amide bonds. The monoisotopic (exact) mass is 290 g/mol. The molecule has 1 aromatic rings. The summed E-state index contributed by atoms with van der Waals surface area (Å²) in [5.74, 6) is 0. The first-order chi connectivity index (χ1) is 9.94. The Labute approximate surface area is 127 Å². The van der Waals surface area contributed by atoms with Crippen molar-refractivity contribution in [2.75, 3.05) is 5.32 Å². The third-order valence-electron chi connectivity index (χ3n) is 3.55. The van der Waals surface area contributed by atoms with Gasteiger partial charge >= 0.3 is 6.09 Å². The summed E-state index contributed by atoms with van der Waals surface area (Å²) in [4.78, 5) is 11.7. The van der Waals surface area contributed by atoms with Crippen LogP contribution in [0.15, 0.2) is 24.3 Å². The van der Waals surface area contributed by atoms with Gasteiger partial charge < -0.3 is 15.4 Å². The molecule has 0 spiro atoms. The van der Waals surface area contributed by atoms with Crippen LogP contribution in [-0.4, -0.2) is 17.7 Å². The predicted octanol–water partition coefficient (Wildman–Crippen LogP) is 4.07. The molecule has 0 heterocycles. The highest BCUT2D eigenvalue weighted by Gasteiger charge is 2.17. The van der Waals surface area contributed by atoms with Crippen molar-refractivity contribution in [3.8, 4) is 0 Å². The van der Waals surface area contributed by atoms with E-state index < -0.39 is 5.60 Å². The molecule has 1 saturated carbocycles. The van der Waals surface area contributed by atoms with Gasteiger partial charge in [-0.25, -0.2) is 4.79 Å². The number of nitrogens with one attached hydrogen (secondary N) is 2. The zero-order valence-corrected chi connectivity index (χ0v) is 13.2. The number of hydrogen-bond acceptors (Lipinski definition) is 3. The summed E-state index contributed by atoms with van der Waals surface area (Å²) >= 11 is 0. The Morgan fingerprint density at radius 2 is 1.90 bits per heavy atom. The first-order valence-corrected chi connectivity index (χ1v) is 7.75. The lowest BCUT2D eigenvalue weighted by molar-refractivity contribution is 0.0523. The smallest absolute Gasteiger partial charge is 0.407 e. The standard InChI is InChI=1S/C17H26N2O2/c1-17(2,3)21-16(20)18-12-13-8-4-7-11-15(13)19-14-9-5-6-10-14/h4,7-8,11,14,19H,5-6,9-10,12H2,1-3H3,(H,18,20). The van der Waals surface area contributed by atoms with E-state index in [2.05, 4.69) is 16.7 Å². The average Bonchev–Trinajstić information content (AvgIpc) is 2.88. The van der Waals surface area contributed by atoms with Gasteiger partial charge in [0.1, 0.15) is 5.60 Å². The number of para-hydroxylation sites is 1. The van der Waals surface area contributed by atoms with Crippen molar-refractivity contribution < 1.29 is 9.53 Å². The maximum absolute atomic E-state index is 11.7. The SMILES string of the molecule is CC(C)(C)OC(=O)NCc1ccccc1NC1CCCC1. The quantitative estimate of drug-likeness (QED) is 0.879. The minimum Gasteiger partial charge on any atom is -0.444 e. The molecule has 0 aliphatic heterocycles. The fourth-order valence-corrected chi connectivity index (χ4v) is 2.59. The second-order valence-electron chi connectivity index (χ2n) is 6.64. The third kappa shape index (κ3) is 5.29. The topological polar surface area (TPSA) is 50.4 Å². The second-order valence-corrected chi connectivity index (χ2v) is 6.64. The number of benzene rings is 1. The first kappa shape index (κ1) is 15.7. The zero-order valence-electron chi connectivity index (χ0n) is 13.2. The van der Waals surface area contributed by atoms with Gasteiger partial charge in [-0.3, -0.25) is 0 Å². The van der Waals surface area contributed by atoms with Crippen LogP contribution in [-0.2, 0) is 11.3 Å². The lowest BCUT2D eigenvalue weighted by Crippen LogP contribution is -2.32. The molecule has 2 N–H and O–H groups in total. The molecule has 1 fully saturated rings. The van der Waals surface area contributed by atoms with Crippen molar-refractivity contribution in [1.29, 1.82) is 0 Å². The summed E-state index contributed by atoms with van der Waals surface area (Å²) in [6.07, 6.45) is 4.69. The Kier molecular flexibility index (Phi) is 5.10. The van der Waals surface area contributed by atoms with Crippen LogP contribution in [0.25, 0.3) is 0 Å². The van der Waals surface area contributed by atoms with E-state index in [1.54, 1.807) is 0 Å². The molecule has 0 unspecified atom stereocenters. The Balaban J connectivity index is 1.91. The number of alkyl carbamates (subject to hydrolysis) is 1. The van der Waals surface area contributed by atoms with E-state index in [4.69, 9.17) is 4.74 Å². The zero-order chi connectivity index (χ0) is 15.3. The summed E-state index contributed by atoms with van der Waals surface area (Å²) in [5.41, 5.74) is 1.74. The molecular formula is C17H26N2O2. The van der Waals surface area contributed by atoms with E-state index in [0.29, 0.717) is 12.6 Å². The summed E-state index contributed by atoms with van der Waals surface area (Å²) in [7, 11) is 0. The van der Waals surface area contributed by atoms with Gasteiger partial charge in [0.15, 0.2) is 0 Å². The minimum atomic E-state index is -0.467. The number of hydrogen-bond donors (Lipinski definition) is 2. The summed E-state index contributed by atoms with van der Waals surface area (Å²) < 4.78 is 5.26. The van der Waals surface area contributed by atoms with Crippen LogP contribution in [0.3, 0.4) is 0 Å². The molecule has 116 valence electrons. The molecule has 0 atom stereocenters. The molecule has 4 heteroatoms. The van der Waals surface area contributed by atoms with Gasteiger partial charge in [0.25, 0.3) is 0 Å². The Morgan fingerprint density at radius 3 is 2.57 bits per heavy atom. The molecule has 1 aliphatic carbocycles. The van der Waals surface area contributed by atoms with Gasteiger partial charge in [-0.05, 0) is 45.2 Å². The fraction of sp³-hybridized carbons (Fsp3) is 0.588. The van der Waals surface area contributed by atoms with Gasteiger partial charge in [-0.2, -0.15) is 0 Å². The Bertz CT molecular complexity index is 474. The molecule has 4 nitrogen and oxygen atoms in total. The molecule has 0 saturated heterocycles. The highest BCUT2D eigenvalue weighted by atomic mass is 16.6. The van der Waals surface area contributed by atoms with Gasteiger partial charge in [-0.1, -0.05) is 31.0 Å². The Hall–Kier alpha value is -1.71. The fourth-order valence-electron chi connectivity index (χ4n) is 2.59. The van der Waals surface area contributed by atoms with E-state index >= 15 is 0 Å². The number of anilines is 1. The third-order valence-corrected chi connectivity index (χ3v) is 3.55. The van der Waals surface area contributed by atoms with Gasteiger partial charge in [-0.15, -0.1) is 0 Å². The molecule has 0 aromatic heterocycles. The van der Waals surface area contributed by atoms with E-state index in [-0.39, 0.29) is 6.09 Å². The minimum absolute atomic E-state index is 0.377. The highest BCUT2D eigenvalue weighted by molar-refractivity contribution is 5.68. The molecule has 21 heavy (non-hydrogen) atoms. The highest BCUT2D eigenvalue weighted by Crippen LogP contribution is 2.24. The van der Waals surface area contributed by atoms with Crippen LogP contribution < -0.4 is 10.6 Å². The number of rotatable bonds is 4. The van der Waals surface area contributed by atoms with Crippen LogP contribution in [0.4, 0.5) is 10.5 Å². The van der Waals surface area contributed by atoms with Crippen LogP contribution >= 0.6 is 0 Å². The number of ether oxygens (including phenoxy) is 1. The van der Waals surface area contributed by atoms with Gasteiger partial charge in [0, 0.05) is 18.3 Å². The molecule has 2 rings (SSSR count). The molecule has 0 bridgehead atoms. The number of amides is 1. The molecule has 1 aliphatic rings. The van der Waals surface area contributed by atoms with Crippen LogP contribution in [0, 0.1) is 0 Å². The lowest BCUT2D eigenvalue weighted by atomic mass is 10.1. The van der Waals surface area contributed by atoms with Crippen molar-refractivity contribution in [3.63, 3.8) is 0 Å². The number of carbonyl (C=O) groups excluding carboxylic acids is 1. The Morgan fingerprint density at radius 1 is 1.24 bits per heavy atom. The van der Waals surface area contributed by atoms with Crippen molar-refractivity contribution in [2.45, 2.75) is 64.6 Å². The normalized spacial score (nSPS) is 15.8. The van der Waals surface area contributed by atoms with Crippen molar-refractivity contribution in [3.05, 3.63) is 29.8 Å². The molecule has 1 aromatic carbocycles. The maximum atomic E-state index is 11.7. The average molecular weight is 290 g/mol. The van der Waals surface area contributed by atoms with Crippen LogP contribution in [0.5, 0.6) is 0 Å². The van der Waals surface area contributed by atoms with Crippen molar-refractivity contribution in [1.82, 2.24) is 5.32 Å². The van der Waals surface area contributed by atoms with Crippen LogP contribution in [0.1, 0.15) is 52.0 Å². The van der Waals surface area contributed by atoms with Gasteiger partial charge in [0.2, 0.25) is 0 Å². The largest absolute Gasteiger partial charge is 0.444 e. The predicted molar refractivity (Wildman–Crippen MR) is 85.4 cm³/mol. The lowest BCUT2D eigenvalue weighted by Gasteiger charge is -2.21. The summed E-state index contributed by atoms with van der Waals surface area (Å²) in [6, 6.07) is 8.69. The molecular weight excluding hydrogens is 264 g/mol. The van der Waals surface area contributed by atoms with Crippen LogP contribution in [0.2, 0.25) is 0 Å². The maximum Gasteiger partial charge on any atom is 0.407 e. The summed E-state index contributed by atoms with van der Waals surface area (Å²) in [6.45, 7) is 6.07. The summed E-state index contributed by atoms with van der Waals surface area (Å²) in [5, 5.41) is 6.41. The van der Waals surface area contributed by atoms with Gasteiger partial charge in [0.05, 0.1) is 0 Å². The van der Waals surface area contributed by atoms with E-state index in [9.17, 15) is 4.79 Å². The van der Waals surface area contributed by atoms with E-state index in [1.807, 2.05) is 39.0 Å².